The molecule has 0 atom stereocenters. The molecule has 0 saturated carbocycles. The van der Waals surface area contributed by atoms with Crippen LogP contribution in [0.15, 0.2) is 35.2 Å². The van der Waals surface area contributed by atoms with Crippen molar-refractivity contribution in [1.82, 2.24) is 4.31 Å². The van der Waals surface area contributed by atoms with Crippen LogP contribution in [-0.2, 0) is 14.8 Å². The number of anilines is 1. The number of carbonyl (C=O) groups is 1. The third kappa shape index (κ3) is 4.63. The number of hydrogen-bond donors (Lipinski definition) is 1. The first-order valence-electron chi connectivity index (χ1n) is 9.86. The molecule has 162 valence electrons. The molecule has 6 nitrogen and oxygen atoms in total. The number of methoxy groups -OCH3 is 1. The number of hydrogen-bond acceptors (Lipinski definition) is 4. The van der Waals surface area contributed by atoms with Crippen molar-refractivity contribution in [1.29, 1.82) is 0 Å². The summed E-state index contributed by atoms with van der Waals surface area (Å²) in [6, 6.07) is 8.62. The molecule has 0 aliphatic carbocycles. The molecule has 1 aliphatic rings. The maximum atomic E-state index is 13.0. The minimum absolute atomic E-state index is 0.141. The van der Waals surface area contributed by atoms with Crippen molar-refractivity contribution < 1.29 is 17.9 Å². The van der Waals surface area contributed by atoms with E-state index in [1.54, 1.807) is 24.3 Å². The van der Waals surface area contributed by atoms with E-state index >= 15 is 0 Å². The third-order valence-electron chi connectivity index (χ3n) is 5.68. The average Bonchev–Trinajstić information content (AvgIpc) is 2.72. The quantitative estimate of drug-likeness (QED) is 0.736. The number of amides is 1. The number of nitrogens with one attached hydrogen (secondary N) is 1. The molecule has 0 unspecified atom stereocenters. The van der Waals surface area contributed by atoms with Gasteiger partial charge in [-0.1, -0.05) is 17.7 Å². The van der Waals surface area contributed by atoms with Crippen molar-refractivity contribution in [3.05, 3.63) is 52.0 Å². The molecule has 3 rings (SSSR count). The number of nitrogens with zero attached hydrogens (tertiary/aromatic N) is 1. The zero-order valence-electron chi connectivity index (χ0n) is 17.7. The molecule has 2 aromatic rings. The Balaban J connectivity index is 1.67. The average molecular weight is 451 g/mol. The molecule has 0 radical (unpaired) electrons. The standard InChI is InChI=1S/C22H27ClN2O4S/c1-14-5-6-18(11-15(14)2)30(27,28)25-9-7-17(8-10-25)22(26)24-20-12-16(3)19(23)13-21(20)29-4/h5-6,11-13,17H,7-10H2,1-4H3,(H,24,26). The number of benzene rings is 2. The maximum absolute atomic E-state index is 13.0. The number of halogens is 1. The van der Waals surface area contributed by atoms with Crippen molar-refractivity contribution in [2.24, 2.45) is 5.92 Å². The Morgan fingerprint density at radius 2 is 1.73 bits per heavy atom. The monoisotopic (exact) mass is 450 g/mol. The van der Waals surface area contributed by atoms with E-state index in [-0.39, 0.29) is 11.8 Å². The van der Waals surface area contributed by atoms with E-state index in [0.29, 0.717) is 47.3 Å². The smallest absolute Gasteiger partial charge is 0.243 e. The predicted molar refractivity (Wildman–Crippen MR) is 119 cm³/mol. The SMILES string of the molecule is COc1cc(Cl)c(C)cc1NC(=O)C1CCN(S(=O)(=O)c2ccc(C)c(C)c2)CC1. The number of piperidine rings is 1. The van der Waals surface area contributed by atoms with Gasteiger partial charge >= 0.3 is 0 Å². The molecular formula is C22H27ClN2O4S. The Hall–Kier alpha value is -2.09. The lowest BCUT2D eigenvalue weighted by Crippen LogP contribution is -2.41. The van der Waals surface area contributed by atoms with Crippen LogP contribution in [0.1, 0.15) is 29.5 Å². The van der Waals surface area contributed by atoms with E-state index < -0.39 is 10.0 Å². The minimum Gasteiger partial charge on any atom is -0.495 e. The predicted octanol–water partition coefficient (Wildman–Crippen LogP) is 4.31. The van der Waals surface area contributed by atoms with E-state index in [9.17, 15) is 13.2 Å². The largest absolute Gasteiger partial charge is 0.495 e. The number of rotatable bonds is 5. The maximum Gasteiger partial charge on any atom is 0.243 e. The highest BCUT2D eigenvalue weighted by molar-refractivity contribution is 7.89. The fraction of sp³-hybridized carbons (Fsp3) is 0.409. The highest BCUT2D eigenvalue weighted by Crippen LogP contribution is 2.32. The highest BCUT2D eigenvalue weighted by Gasteiger charge is 2.32. The summed E-state index contributed by atoms with van der Waals surface area (Å²) in [4.78, 5) is 13.1. The molecule has 30 heavy (non-hydrogen) atoms. The molecule has 0 aromatic heterocycles. The first kappa shape index (κ1) is 22.6. The topological polar surface area (TPSA) is 75.7 Å². The lowest BCUT2D eigenvalue weighted by atomic mass is 9.97. The molecule has 2 aromatic carbocycles. The Kier molecular flexibility index (Phi) is 6.75. The van der Waals surface area contributed by atoms with Gasteiger partial charge in [-0.3, -0.25) is 4.79 Å². The number of carbonyl (C=O) groups excluding carboxylic acids is 1. The molecule has 1 amide bonds. The molecule has 0 bridgehead atoms. The first-order valence-corrected chi connectivity index (χ1v) is 11.7. The number of ether oxygens (including phenoxy) is 1. The summed E-state index contributed by atoms with van der Waals surface area (Å²) in [5.41, 5.74) is 3.39. The third-order valence-corrected chi connectivity index (χ3v) is 7.98. The van der Waals surface area contributed by atoms with Gasteiger partial charge in [0.15, 0.2) is 0 Å². The number of sulfonamides is 1. The first-order chi connectivity index (χ1) is 14.1. The number of aryl methyl sites for hydroxylation is 3. The minimum atomic E-state index is -3.56. The van der Waals surface area contributed by atoms with Crippen molar-refractivity contribution in [3.63, 3.8) is 0 Å². The van der Waals surface area contributed by atoms with Crippen LogP contribution in [0, 0.1) is 26.7 Å². The highest BCUT2D eigenvalue weighted by atomic mass is 35.5. The molecule has 0 spiro atoms. The van der Waals surface area contributed by atoms with E-state index in [4.69, 9.17) is 16.3 Å². The van der Waals surface area contributed by atoms with Gasteiger partial charge in [0.05, 0.1) is 17.7 Å². The van der Waals surface area contributed by atoms with Gasteiger partial charge in [-0.05, 0) is 68.5 Å². The second-order valence-electron chi connectivity index (χ2n) is 7.72. The molecular weight excluding hydrogens is 424 g/mol. The summed E-state index contributed by atoms with van der Waals surface area (Å²) < 4.78 is 32.7. The molecule has 8 heteroatoms. The second-order valence-corrected chi connectivity index (χ2v) is 10.1. The lowest BCUT2D eigenvalue weighted by molar-refractivity contribution is -0.120. The summed E-state index contributed by atoms with van der Waals surface area (Å²) in [5, 5.41) is 3.47. The summed E-state index contributed by atoms with van der Waals surface area (Å²) in [6.45, 7) is 6.33. The molecule has 1 aliphatic heterocycles. The molecule has 1 saturated heterocycles. The van der Waals surface area contributed by atoms with Crippen LogP contribution in [0.5, 0.6) is 5.75 Å². The van der Waals surface area contributed by atoms with Gasteiger partial charge in [0, 0.05) is 30.1 Å². The van der Waals surface area contributed by atoms with Crippen molar-refractivity contribution in [2.45, 2.75) is 38.5 Å². The van der Waals surface area contributed by atoms with Gasteiger partial charge in [0.25, 0.3) is 0 Å². The zero-order valence-corrected chi connectivity index (χ0v) is 19.2. The van der Waals surface area contributed by atoms with E-state index in [1.807, 2.05) is 26.8 Å². The summed E-state index contributed by atoms with van der Waals surface area (Å²) in [6.07, 6.45) is 0.926. The lowest BCUT2D eigenvalue weighted by Gasteiger charge is -2.30. The Morgan fingerprint density at radius 3 is 2.33 bits per heavy atom. The van der Waals surface area contributed by atoms with Crippen LogP contribution < -0.4 is 10.1 Å². The van der Waals surface area contributed by atoms with E-state index in [0.717, 1.165) is 16.7 Å². The van der Waals surface area contributed by atoms with Gasteiger partial charge in [0.1, 0.15) is 5.75 Å². The van der Waals surface area contributed by atoms with Crippen LogP contribution in [0.2, 0.25) is 5.02 Å². The van der Waals surface area contributed by atoms with Gasteiger partial charge < -0.3 is 10.1 Å². The van der Waals surface area contributed by atoms with Gasteiger partial charge in [-0.2, -0.15) is 4.31 Å². The van der Waals surface area contributed by atoms with Gasteiger partial charge in [0.2, 0.25) is 15.9 Å². The summed E-state index contributed by atoms with van der Waals surface area (Å²) in [7, 11) is -2.04. The van der Waals surface area contributed by atoms with Crippen molar-refractivity contribution in [3.8, 4) is 5.75 Å². The Labute approximate surface area is 183 Å². The van der Waals surface area contributed by atoms with Crippen molar-refractivity contribution >= 4 is 33.2 Å². The summed E-state index contributed by atoms with van der Waals surface area (Å²) in [5.74, 6) is 0.0869. The fourth-order valence-corrected chi connectivity index (χ4v) is 5.26. The van der Waals surface area contributed by atoms with Crippen LogP contribution in [0.3, 0.4) is 0 Å². The van der Waals surface area contributed by atoms with Crippen LogP contribution in [0.4, 0.5) is 5.69 Å². The zero-order chi connectivity index (χ0) is 22.1. The normalized spacial score (nSPS) is 15.8. The van der Waals surface area contributed by atoms with Gasteiger partial charge in [-0.15, -0.1) is 0 Å². The summed E-state index contributed by atoms with van der Waals surface area (Å²) >= 11 is 6.12. The van der Waals surface area contributed by atoms with Crippen LogP contribution in [-0.4, -0.2) is 38.8 Å². The Morgan fingerprint density at radius 1 is 1.07 bits per heavy atom. The van der Waals surface area contributed by atoms with Crippen molar-refractivity contribution in [2.75, 3.05) is 25.5 Å². The van der Waals surface area contributed by atoms with Crippen LogP contribution >= 0.6 is 11.6 Å². The Bertz CT molecular complexity index is 1060. The molecule has 1 heterocycles. The second kappa shape index (κ2) is 8.96. The van der Waals surface area contributed by atoms with Crippen LogP contribution in [0.25, 0.3) is 0 Å². The molecule has 1 N–H and O–H groups in total. The van der Waals surface area contributed by atoms with E-state index in [2.05, 4.69) is 5.32 Å². The van der Waals surface area contributed by atoms with Gasteiger partial charge in [-0.25, -0.2) is 8.42 Å². The fourth-order valence-electron chi connectivity index (χ4n) is 3.55. The van der Waals surface area contributed by atoms with E-state index in [1.165, 1.54) is 11.4 Å². The molecule has 1 fully saturated rings.